The monoisotopic (exact) mass is 194 g/mol. The van der Waals surface area contributed by atoms with Crippen LogP contribution in [0.2, 0.25) is 0 Å². The molecule has 4 nitrogen and oxygen atoms in total. The molecule has 1 heterocycles. The normalized spacial score (nSPS) is 17.8. The number of rotatable bonds is 4. The van der Waals surface area contributed by atoms with Gasteiger partial charge in [0.1, 0.15) is 12.2 Å². The van der Waals surface area contributed by atoms with Crippen LogP contribution in [-0.2, 0) is 6.54 Å². The molecule has 1 aromatic rings. The molecule has 1 aliphatic carbocycles. The van der Waals surface area contributed by atoms with E-state index in [2.05, 4.69) is 27.0 Å². The lowest BCUT2D eigenvalue weighted by atomic mass is 10.2. The van der Waals surface area contributed by atoms with Gasteiger partial charge >= 0.3 is 0 Å². The summed E-state index contributed by atoms with van der Waals surface area (Å²) in [5, 5.41) is 7.61. The first-order valence-corrected chi connectivity index (χ1v) is 5.51. The largest absolute Gasteiger partial charge is 0.310 e. The number of hydrogen-bond acceptors (Lipinski definition) is 3. The van der Waals surface area contributed by atoms with Crippen molar-refractivity contribution in [3.63, 3.8) is 0 Å². The summed E-state index contributed by atoms with van der Waals surface area (Å²) in [5.41, 5.74) is 0. The molecule has 0 unspecified atom stereocenters. The lowest BCUT2D eigenvalue weighted by Gasteiger charge is -2.12. The molecule has 2 rings (SSSR count). The average molecular weight is 194 g/mol. The summed E-state index contributed by atoms with van der Waals surface area (Å²) in [6.07, 6.45) is 6.88. The molecule has 0 spiro atoms. The maximum atomic E-state index is 4.32. The molecule has 1 aliphatic rings. The van der Waals surface area contributed by atoms with Gasteiger partial charge in [-0.1, -0.05) is 19.8 Å². The van der Waals surface area contributed by atoms with E-state index >= 15 is 0 Å². The highest BCUT2D eigenvalue weighted by Crippen LogP contribution is 2.29. The molecule has 1 N–H and O–H groups in total. The molecule has 0 aliphatic heterocycles. The van der Waals surface area contributed by atoms with Gasteiger partial charge in [0.25, 0.3) is 0 Å². The van der Waals surface area contributed by atoms with Crippen LogP contribution in [0.3, 0.4) is 0 Å². The van der Waals surface area contributed by atoms with Gasteiger partial charge in [0.05, 0.1) is 12.6 Å². The van der Waals surface area contributed by atoms with E-state index in [1.807, 2.05) is 0 Å². The molecular weight excluding hydrogens is 176 g/mol. The van der Waals surface area contributed by atoms with Gasteiger partial charge in [-0.05, 0) is 19.4 Å². The summed E-state index contributed by atoms with van der Waals surface area (Å²) in [5.74, 6) is 1.08. The predicted molar refractivity (Wildman–Crippen MR) is 54.9 cm³/mol. The Bertz CT molecular complexity index is 275. The molecule has 1 fully saturated rings. The molecule has 1 aromatic heterocycles. The van der Waals surface area contributed by atoms with Crippen LogP contribution in [0.1, 0.15) is 44.5 Å². The van der Waals surface area contributed by atoms with Crippen LogP contribution in [-0.4, -0.2) is 21.3 Å². The van der Waals surface area contributed by atoms with Crippen LogP contribution in [0.5, 0.6) is 0 Å². The topological polar surface area (TPSA) is 42.7 Å². The summed E-state index contributed by atoms with van der Waals surface area (Å²) in [6.45, 7) is 3.93. The lowest BCUT2D eigenvalue weighted by Crippen LogP contribution is -2.19. The maximum absolute atomic E-state index is 4.32. The third kappa shape index (κ3) is 1.95. The van der Waals surface area contributed by atoms with E-state index in [0.29, 0.717) is 6.04 Å². The van der Waals surface area contributed by atoms with Crippen molar-refractivity contribution in [3.8, 4) is 0 Å². The fourth-order valence-electron chi connectivity index (χ4n) is 2.09. The summed E-state index contributed by atoms with van der Waals surface area (Å²) in [7, 11) is 0. The number of hydrogen-bond donors (Lipinski definition) is 1. The van der Waals surface area contributed by atoms with Crippen molar-refractivity contribution in [1.82, 2.24) is 20.1 Å². The Hall–Kier alpha value is -0.900. The van der Waals surface area contributed by atoms with Crippen molar-refractivity contribution in [3.05, 3.63) is 12.2 Å². The Kier molecular flexibility index (Phi) is 3.14. The van der Waals surface area contributed by atoms with Crippen LogP contribution in [0.15, 0.2) is 6.33 Å². The summed E-state index contributed by atoms with van der Waals surface area (Å²) >= 11 is 0. The Balaban J connectivity index is 2.04. The third-order valence-corrected chi connectivity index (χ3v) is 2.85. The van der Waals surface area contributed by atoms with Gasteiger partial charge in [0, 0.05) is 0 Å². The smallest absolute Gasteiger partial charge is 0.141 e. The first-order chi connectivity index (χ1) is 6.92. The van der Waals surface area contributed by atoms with Crippen molar-refractivity contribution >= 4 is 0 Å². The Morgan fingerprint density at radius 3 is 3.00 bits per heavy atom. The number of nitrogens with one attached hydrogen (secondary N) is 1. The zero-order valence-electron chi connectivity index (χ0n) is 8.74. The predicted octanol–water partition coefficient (Wildman–Crippen LogP) is 1.50. The highest BCUT2D eigenvalue weighted by molar-refractivity contribution is 4.88. The van der Waals surface area contributed by atoms with Crippen LogP contribution in [0.4, 0.5) is 0 Å². The van der Waals surface area contributed by atoms with Gasteiger partial charge in [-0.25, -0.2) is 9.67 Å². The average Bonchev–Trinajstić information content (AvgIpc) is 2.84. The summed E-state index contributed by atoms with van der Waals surface area (Å²) in [6, 6.07) is 0.603. The van der Waals surface area contributed by atoms with Crippen molar-refractivity contribution in [2.75, 3.05) is 6.54 Å². The lowest BCUT2D eigenvalue weighted by molar-refractivity contribution is 0.439. The van der Waals surface area contributed by atoms with E-state index in [0.717, 1.165) is 18.9 Å². The quantitative estimate of drug-likeness (QED) is 0.790. The molecule has 4 heteroatoms. The summed E-state index contributed by atoms with van der Waals surface area (Å²) in [4.78, 5) is 4.29. The van der Waals surface area contributed by atoms with Crippen molar-refractivity contribution < 1.29 is 0 Å². The minimum Gasteiger partial charge on any atom is -0.310 e. The van der Waals surface area contributed by atoms with Crippen molar-refractivity contribution in [2.45, 2.75) is 45.2 Å². The van der Waals surface area contributed by atoms with Crippen molar-refractivity contribution in [1.29, 1.82) is 0 Å². The minimum absolute atomic E-state index is 0.603. The van der Waals surface area contributed by atoms with E-state index in [1.165, 1.54) is 25.7 Å². The molecule has 0 bridgehead atoms. The third-order valence-electron chi connectivity index (χ3n) is 2.85. The zero-order valence-corrected chi connectivity index (χ0v) is 8.74. The fraction of sp³-hybridized carbons (Fsp3) is 0.800. The second-order valence-corrected chi connectivity index (χ2v) is 3.84. The Morgan fingerprint density at radius 1 is 1.50 bits per heavy atom. The Morgan fingerprint density at radius 2 is 2.29 bits per heavy atom. The van der Waals surface area contributed by atoms with E-state index in [9.17, 15) is 0 Å². The number of nitrogens with zero attached hydrogens (tertiary/aromatic N) is 3. The fourth-order valence-corrected chi connectivity index (χ4v) is 2.09. The molecule has 0 saturated heterocycles. The molecule has 0 aromatic carbocycles. The molecule has 1 saturated carbocycles. The second-order valence-electron chi connectivity index (χ2n) is 3.84. The minimum atomic E-state index is 0.603. The first-order valence-electron chi connectivity index (χ1n) is 5.51. The standard InChI is InChI=1S/C10H18N4/c1-2-11-7-10-12-8-13-14(10)9-5-3-4-6-9/h8-9,11H,2-7H2,1H3. The first kappa shape index (κ1) is 9.65. The molecular formula is C10H18N4. The SMILES string of the molecule is CCNCc1ncnn1C1CCCC1. The molecule has 0 radical (unpaired) electrons. The van der Waals surface area contributed by atoms with Gasteiger partial charge in [-0.2, -0.15) is 5.10 Å². The maximum Gasteiger partial charge on any atom is 0.141 e. The van der Waals surface area contributed by atoms with Crippen LogP contribution < -0.4 is 5.32 Å². The highest BCUT2D eigenvalue weighted by atomic mass is 15.4. The van der Waals surface area contributed by atoms with Crippen molar-refractivity contribution in [2.24, 2.45) is 0 Å². The zero-order chi connectivity index (χ0) is 9.80. The van der Waals surface area contributed by atoms with E-state index in [4.69, 9.17) is 0 Å². The molecule has 78 valence electrons. The van der Waals surface area contributed by atoms with Gasteiger partial charge < -0.3 is 5.32 Å². The van der Waals surface area contributed by atoms with Crippen LogP contribution in [0.25, 0.3) is 0 Å². The van der Waals surface area contributed by atoms with E-state index in [-0.39, 0.29) is 0 Å². The van der Waals surface area contributed by atoms with Crippen LogP contribution in [0, 0.1) is 0 Å². The van der Waals surface area contributed by atoms with Crippen LogP contribution >= 0.6 is 0 Å². The van der Waals surface area contributed by atoms with E-state index < -0.39 is 0 Å². The number of aromatic nitrogens is 3. The molecule has 0 atom stereocenters. The second kappa shape index (κ2) is 4.55. The van der Waals surface area contributed by atoms with Gasteiger partial charge in [0.2, 0.25) is 0 Å². The highest BCUT2D eigenvalue weighted by Gasteiger charge is 2.19. The molecule has 14 heavy (non-hydrogen) atoms. The Labute approximate surface area is 84.7 Å². The molecule has 0 amide bonds. The summed E-state index contributed by atoms with van der Waals surface area (Å²) < 4.78 is 2.11. The van der Waals surface area contributed by atoms with Gasteiger partial charge in [-0.15, -0.1) is 0 Å². The van der Waals surface area contributed by atoms with Gasteiger partial charge in [0.15, 0.2) is 0 Å². The van der Waals surface area contributed by atoms with Gasteiger partial charge in [-0.3, -0.25) is 0 Å². The van der Waals surface area contributed by atoms with E-state index in [1.54, 1.807) is 6.33 Å².